The summed E-state index contributed by atoms with van der Waals surface area (Å²) in [4.78, 5) is 28.2. The number of rotatable bonds is 2. The van der Waals surface area contributed by atoms with Crippen LogP contribution in [-0.4, -0.2) is 35.8 Å². The molecule has 2 aliphatic rings. The topological polar surface area (TPSA) is 40.6 Å². The summed E-state index contributed by atoms with van der Waals surface area (Å²) in [6.07, 6.45) is 3.60. The average molecular weight is 327 g/mol. The molecule has 2 fully saturated rings. The first kappa shape index (κ1) is 14.8. The van der Waals surface area contributed by atoms with Gasteiger partial charge in [0.1, 0.15) is 0 Å². The fourth-order valence-electron chi connectivity index (χ4n) is 3.07. The maximum absolute atomic E-state index is 12.6. The quantitative estimate of drug-likeness (QED) is 0.784. The summed E-state index contributed by atoms with van der Waals surface area (Å²) in [5.41, 5.74) is 0.460. The molecule has 0 spiro atoms. The smallest absolute Gasteiger partial charge is 0.251 e. The average Bonchev–Trinajstić information content (AvgIpc) is 2.74. The molecule has 0 aliphatic carbocycles. The second-order valence-electron chi connectivity index (χ2n) is 5.51. The molecule has 6 heteroatoms. The molecule has 1 aromatic carbocycles. The highest BCUT2D eigenvalue weighted by Gasteiger charge is 2.42. The molecule has 4 nitrogen and oxygen atoms in total. The van der Waals surface area contributed by atoms with Crippen molar-refractivity contribution in [3.05, 3.63) is 28.2 Å². The molecule has 0 aromatic heterocycles. The van der Waals surface area contributed by atoms with Crippen molar-refractivity contribution >= 4 is 40.7 Å². The number of hydrogen-bond acceptors (Lipinski definition) is 3. The summed E-state index contributed by atoms with van der Waals surface area (Å²) >= 11 is 11.9. The standard InChI is InChI=1S/C15H16Cl2N2O2/c16-10-6-11(17)8-12(7-10)19-14(20)9-13(15(19)21)18-4-2-1-3-5-18/h6-8,13H,1-5,9H2. The second kappa shape index (κ2) is 5.95. The Hall–Kier alpha value is -1.10. The molecule has 3 rings (SSSR count). The minimum Gasteiger partial charge on any atom is -0.292 e. The third-order valence-corrected chi connectivity index (χ3v) is 4.50. The van der Waals surface area contributed by atoms with Crippen LogP contribution in [0.15, 0.2) is 18.2 Å². The minimum atomic E-state index is -0.337. The van der Waals surface area contributed by atoms with E-state index in [1.54, 1.807) is 18.2 Å². The summed E-state index contributed by atoms with van der Waals surface area (Å²) in [6.45, 7) is 1.77. The lowest BCUT2D eigenvalue weighted by molar-refractivity contribution is -0.123. The van der Waals surface area contributed by atoms with Gasteiger partial charge in [-0.1, -0.05) is 29.6 Å². The van der Waals surface area contributed by atoms with Gasteiger partial charge in [-0.15, -0.1) is 0 Å². The van der Waals surface area contributed by atoms with Crippen LogP contribution in [0.2, 0.25) is 10.0 Å². The highest BCUT2D eigenvalue weighted by molar-refractivity contribution is 6.35. The van der Waals surface area contributed by atoms with Crippen LogP contribution in [0.5, 0.6) is 0 Å². The number of carbonyl (C=O) groups excluding carboxylic acids is 2. The van der Waals surface area contributed by atoms with Gasteiger partial charge in [0.05, 0.1) is 18.2 Å². The first-order valence-corrected chi connectivity index (χ1v) is 7.89. The molecule has 112 valence electrons. The summed E-state index contributed by atoms with van der Waals surface area (Å²) in [6, 6.07) is 4.44. The lowest BCUT2D eigenvalue weighted by Crippen LogP contribution is -2.44. The van der Waals surface area contributed by atoms with Gasteiger partial charge in [0.15, 0.2) is 0 Å². The number of hydrogen-bond donors (Lipinski definition) is 0. The number of amides is 2. The second-order valence-corrected chi connectivity index (χ2v) is 6.38. The van der Waals surface area contributed by atoms with Gasteiger partial charge in [-0.25, -0.2) is 4.90 Å². The molecule has 0 N–H and O–H groups in total. The highest BCUT2D eigenvalue weighted by Crippen LogP contribution is 2.31. The van der Waals surface area contributed by atoms with Crippen molar-refractivity contribution < 1.29 is 9.59 Å². The Morgan fingerprint density at radius 3 is 2.19 bits per heavy atom. The van der Waals surface area contributed by atoms with Crippen molar-refractivity contribution in [3.63, 3.8) is 0 Å². The Bertz CT molecular complexity index is 565. The van der Waals surface area contributed by atoms with Crippen LogP contribution >= 0.6 is 23.2 Å². The van der Waals surface area contributed by atoms with Crippen LogP contribution in [0.1, 0.15) is 25.7 Å². The van der Waals surface area contributed by atoms with Crippen molar-refractivity contribution in [2.45, 2.75) is 31.7 Å². The summed E-state index contributed by atoms with van der Waals surface area (Å²) in [5, 5.41) is 0.832. The molecule has 0 saturated carbocycles. The molecule has 1 aromatic rings. The maximum Gasteiger partial charge on any atom is 0.251 e. The SMILES string of the molecule is O=C1CC(N2CCCCC2)C(=O)N1c1cc(Cl)cc(Cl)c1. The van der Waals surface area contributed by atoms with Crippen LogP contribution in [0.4, 0.5) is 5.69 Å². The number of piperidine rings is 1. The van der Waals surface area contributed by atoms with Gasteiger partial charge in [0.25, 0.3) is 5.91 Å². The van der Waals surface area contributed by atoms with E-state index in [4.69, 9.17) is 23.2 Å². The lowest BCUT2D eigenvalue weighted by atomic mass is 10.1. The zero-order valence-electron chi connectivity index (χ0n) is 11.5. The van der Waals surface area contributed by atoms with E-state index in [2.05, 4.69) is 4.90 Å². The number of likely N-dealkylation sites (tertiary alicyclic amines) is 1. The normalized spacial score (nSPS) is 23.9. The fourth-order valence-corrected chi connectivity index (χ4v) is 3.59. The zero-order valence-corrected chi connectivity index (χ0v) is 13.0. The molecule has 2 amide bonds. The van der Waals surface area contributed by atoms with E-state index in [1.165, 1.54) is 11.3 Å². The van der Waals surface area contributed by atoms with Gasteiger partial charge in [0.2, 0.25) is 5.91 Å². The Kier molecular flexibility index (Phi) is 4.20. The van der Waals surface area contributed by atoms with Gasteiger partial charge >= 0.3 is 0 Å². The predicted octanol–water partition coefficient (Wildman–Crippen LogP) is 3.11. The largest absolute Gasteiger partial charge is 0.292 e. The first-order chi connectivity index (χ1) is 10.1. The van der Waals surface area contributed by atoms with E-state index in [9.17, 15) is 9.59 Å². The molecular formula is C15H16Cl2N2O2. The predicted molar refractivity (Wildman–Crippen MR) is 82.8 cm³/mol. The monoisotopic (exact) mass is 326 g/mol. The van der Waals surface area contributed by atoms with Crippen LogP contribution < -0.4 is 4.90 Å². The lowest BCUT2D eigenvalue weighted by Gasteiger charge is -2.30. The highest BCUT2D eigenvalue weighted by atomic mass is 35.5. The molecule has 2 saturated heterocycles. The fraction of sp³-hybridized carbons (Fsp3) is 0.467. The van der Waals surface area contributed by atoms with Gasteiger partial charge in [-0.05, 0) is 44.1 Å². The van der Waals surface area contributed by atoms with Crippen molar-refractivity contribution in [1.29, 1.82) is 0 Å². The number of carbonyl (C=O) groups is 2. The Morgan fingerprint density at radius 1 is 0.952 bits per heavy atom. The Morgan fingerprint density at radius 2 is 1.57 bits per heavy atom. The van der Waals surface area contributed by atoms with Gasteiger partial charge < -0.3 is 0 Å². The zero-order chi connectivity index (χ0) is 15.0. The molecule has 21 heavy (non-hydrogen) atoms. The van der Waals surface area contributed by atoms with Crippen LogP contribution in [0.25, 0.3) is 0 Å². The van der Waals surface area contributed by atoms with E-state index in [1.807, 2.05) is 0 Å². The van der Waals surface area contributed by atoms with Crippen LogP contribution in [-0.2, 0) is 9.59 Å². The van der Waals surface area contributed by atoms with Crippen molar-refractivity contribution in [1.82, 2.24) is 4.90 Å². The Balaban J connectivity index is 1.86. The van der Waals surface area contributed by atoms with Crippen molar-refractivity contribution in [3.8, 4) is 0 Å². The number of nitrogens with zero attached hydrogens (tertiary/aromatic N) is 2. The molecule has 0 bridgehead atoms. The van der Waals surface area contributed by atoms with Crippen molar-refractivity contribution in [2.75, 3.05) is 18.0 Å². The van der Waals surface area contributed by atoms with E-state index >= 15 is 0 Å². The number of halogens is 2. The van der Waals surface area contributed by atoms with E-state index in [0.717, 1.165) is 25.9 Å². The molecular weight excluding hydrogens is 311 g/mol. The van der Waals surface area contributed by atoms with Crippen molar-refractivity contribution in [2.24, 2.45) is 0 Å². The molecule has 0 radical (unpaired) electrons. The van der Waals surface area contributed by atoms with E-state index < -0.39 is 0 Å². The molecule has 1 atom stereocenters. The van der Waals surface area contributed by atoms with E-state index in [0.29, 0.717) is 15.7 Å². The first-order valence-electron chi connectivity index (χ1n) is 7.13. The van der Waals surface area contributed by atoms with E-state index in [-0.39, 0.29) is 24.3 Å². The van der Waals surface area contributed by atoms with Gasteiger partial charge in [-0.2, -0.15) is 0 Å². The number of anilines is 1. The Labute approximate surface area is 133 Å². The molecule has 2 aliphatic heterocycles. The summed E-state index contributed by atoms with van der Waals surface area (Å²) in [7, 11) is 0. The molecule has 2 heterocycles. The van der Waals surface area contributed by atoms with Gasteiger partial charge in [-0.3, -0.25) is 14.5 Å². The number of imide groups is 1. The molecule has 1 unspecified atom stereocenters. The third-order valence-electron chi connectivity index (χ3n) is 4.06. The summed E-state index contributed by atoms with van der Waals surface area (Å²) < 4.78 is 0. The number of benzene rings is 1. The van der Waals surface area contributed by atoms with Crippen LogP contribution in [0.3, 0.4) is 0 Å². The maximum atomic E-state index is 12.6. The summed E-state index contributed by atoms with van der Waals surface area (Å²) in [5.74, 6) is -0.353. The van der Waals surface area contributed by atoms with Crippen LogP contribution in [0, 0.1) is 0 Å². The van der Waals surface area contributed by atoms with Gasteiger partial charge in [0, 0.05) is 10.0 Å². The third kappa shape index (κ3) is 2.93. The minimum absolute atomic E-state index is 0.166.